The fraction of sp³-hybridized carbons (Fsp3) is 0.318. The van der Waals surface area contributed by atoms with Gasteiger partial charge in [-0.15, -0.1) is 0 Å². The molecule has 0 unspecified atom stereocenters. The summed E-state index contributed by atoms with van der Waals surface area (Å²) in [6, 6.07) is 9.32. The maximum Gasteiger partial charge on any atom is 0.326 e. The van der Waals surface area contributed by atoms with Gasteiger partial charge < -0.3 is 19.5 Å². The molecular formula is C22H19N3O8. The van der Waals surface area contributed by atoms with Gasteiger partial charge in [0.05, 0.1) is 11.5 Å². The van der Waals surface area contributed by atoms with Gasteiger partial charge in [-0.05, 0) is 24.0 Å². The first-order valence-corrected chi connectivity index (χ1v) is 10.3. The molecular weight excluding hydrogens is 434 g/mol. The first-order chi connectivity index (χ1) is 15.9. The minimum Gasteiger partial charge on any atom is -0.467 e. The van der Waals surface area contributed by atoms with Crippen LogP contribution in [0.1, 0.15) is 28.7 Å². The van der Waals surface area contributed by atoms with Crippen molar-refractivity contribution in [2.24, 2.45) is 0 Å². The quantitative estimate of drug-likeness (QED) is 0.314. The Balaban J connectivity index is 1.30. The molecule has 170 valence electrons. The average molecular weight is 453 g/mol. The number of nitro benzene ring substituents is 1. The lowest BCUT2D eigenvalue weighted by atomic mass is 9.92. The number of rotatable bonds is 5. The summed E-state index contributed by atoms with van der Waals surface area (Å²) in [4.78, 5) is 49.7. The third kappa shape index (κ3) is 3.46. The number of amides is 3. The molecule has 2 aliphatic heterocycles. The average Bonchev–Trinajstić information content (AvgIpc) is 3.30. The van der Waals surface area contributed by atoms with Crippen LogP contribution < -0.4 is 10.1 Å². The Bertz CT molecular complexity index is 1200. The predicted octanol–water partition coefficient (Wildman–Crippen LogP) is 1.90. The van der Waals surface area contributed by atoms with Crippen molar-refractivity contribution in [3.05, 3.63) is 68.8 Å². The van der Waals surface area contributed by atoms with Crippen molar-refractivity contribution in [1.29, 1.82) is 0 Å². The molecule has 2 aromatic rings. The van der Waals surface area contributed by atoms with Crippen LogP contribution in [0.25, 0.3) is 0 Å². The number of hydrogen-bond donors (Lipinski definition) is 1. The van der Waals surface area contributed by atoms with Crippen LogP contribution in [-0.4, -0.2) is 41.1 Å². The molecule has 1 saturated heterocycles. The third-order valence-electron chi connectivity index (χ3n) is 6.08. The molecule has 0 saturated carbocycles. The highest BCUT2D eigenvalue weighted by atomic mass is 16.7. The van der Waals surface area contributed by atoms with E-state index >= 15 is 0 Å². The van der Waals surface area contributed by atoms with Gasteiger partial charge in [-0.3, -0.25) is 24.6 Å². The normalized spacial score (nSPS) is 20.8. The fourth-order valence-electron chi connectivity index (χ4n) is 4.56. The molecule has 2 aromatic carbocycles. The molecule has 0 bridgehead atoms. The number of carbonyl (C=O) groups excluding carboxylic acids is 3. The zero-order valence-corrected chi connectivity index (χ0v) is 17.4. The highest BCUT2D eigenvalue weighted by Gasteiger charge is 2.55. The maximum atomic E-state index is 13.1. The summed E-state index contributed by atoms with van der Waals surface area (Å²) in [6.07, 6.45) is 1.06. The fourth-order valence-corrected chi connectivity index (χ4v) is 4.56. The molecule has 5 rings (SSSR count). The first-order valence-electron chi connectivity index (χ1n) is 10.3. The van der Waals surface area contributed by atoms with Crippen molar-refractivity contribution in [3.8, 4) is 5.75 Å². The minimum atomic E-state index is -1.17. The second-order valence-electron chi connectivity index (χ2n) is 8.01. The molecule has 1 spiro atoms. The number of ether oxygens (including phenoxy) is 3. The number of nitro groups is 1. The molecule has 3 amide bonds. The summed E-state index contributed by atoms with van der Waals surface area (Å²) < 4.78 is 15.8. The highest BCUT2D eigenvalue weighted by molar-refractivity contribution is 6.09. The second-order valence-corrected chi connectivity index (χ2v) is 8.01. The zero-order valence-electron chi connectivity index (χ0n) is 17.4. The Labute approximate surface area is 187 Å². The van der Waals surface area contributed by atoms with E-state index < -0.39 is 34.9 Å². The Morgan fingerprint density at radius 3 is 2.88 bits per heavy atom. The summed E-state index contributed by atoms with van der Waals surface area (Å²) in [5.74, 6) is -0.965. The van der Waals surface area contributed by atoms with Gasteiger partial charge in [0.1, 0.15) is 24.4 Å². The topological polar surface area (TPSA) is 137 Å². The van der Waals surface area contributed by atoms with Crippen molar-refractivity contribution >= 4 is 23.6 Å². The van der Waals surface area contributed by atoms with E-state index in [4.69, 9.17) is 14.2 Å². The van der Waals surface area contributed by atoms with Crippen LogP contribution >= 0.6 is 0 Å². The lowest BCUT2D eigenvalue weighted by molar-refractivity contribution is -0.385. The van der Waals surface area contributed by atoms with Crippen LogP contribution in [0.5, 0.6) is 5.75 Å². The zero-order chi connectivity index (χ0) is 23.2. The number of nitrogens with one attached hydrogen (secondary N) is 1. The summed E-state index contributed by atoms with van der Waals surface area (Å²) in [5, 5.41) is 14.0. The molecule has 11 heteroatoms. The van der Waals surface area contributed by atoms with Gasteiger partial charge in [-0.25, -0.2) is 4.79 Å². The van der Waals surface area contributed by atoms with Crippen LogP contribution in [-0.2, 0) is 44.2 Å². The van der Waals surface area contributed by atoms with Crippen LogP contribution in [0.4, 0.5) is 10.5 Å². The number of esters is 1. The summed E-state index contributed by atoms with van der Waals surface area (Å²) in [7, 11) is 0. The Hall–Kier alpha value is -3.99. The molecule has 3 aliphatic rings. The smallest absolute Gasteiger partial charge is 0.326 e. The molecule has 0 aromatic heterocycles. The molecule has 33 heavy (non-hydrogen) atoms. The van der Waals surface area contributed by atoms with Gasteiger partial charge in [-0.1, -0.05) is 24.3 Å². The molecule has 2 heterocycles. The van der Waals surface area contributed by atoms with E-state index in [0.717, 1.165) is 16.0 Å². The van der Waals surface area contributed by atoms with Gasteiger partial charge >= 0.3 is 12.0 Å². The van der Waals surface area contributed by atoms with Gasteiger partial charge in [-0.2, -0.15) is 0 Å². The van der Waals surface area contributed by atoms with Crippen LogP contribution in [0, 0.1) is 10.1 Å². The number of carbonyl (C=O) groups is 3. The number of non-ortho nitro benzene ring substituents is 1. The summed E-state index contributed by atoms with van der Waals surface area (Å²) in [5.41, 5.74) is 1.13. The molecule has 0 radical (unpaired) electrons. The van der Waals surface area contributed by atoms with E-state index in [0.29, 0.717) is 29.7 Å². The van der Waals surface area contributed by atoms with Crippen molar-refractivity contribution in [2.75, 3.05) is 13.3 Å². The predicted molar refractivity (Wildman–Crippen MR) is 110 cm³/mol. The van der Waals surface area contributed by atoms with Crippen molar-refractivity contribution < 1.29 is 33.5 Å². The van der Waals surface area contributed by atoms with Gasteiger partial charge in [0.2, 0.25) is 0 Å². The largest absolute Gasteiger partial charge is 0.467 e. The minimum absolute atomic E-state index is 0.0300. The number of nitrogens with zero attached hydrogens (tertiary/aromatic N) is 2. The second kappa shape index (κ2) is 7.85. The van der Waals surface area contributed by atoms with Gasteiger partial charge in [0.25, 0.3) is 11.6 Å². The Morgan fingerprint density at radius 2 is 2.06 bits per heavy atom. The van der Waals surface area contributed by atoms with E-state index in [-0.39, 0.29) is 25.7 Å². The van der Waals surface area contributed by atoms with Crippen molar-refractivity contribution in [1.82, 2.24) is 10.2 Å². The van der Waals surface area contributed by atoms with E-state index in [2.05, 4.69) is 5.32 Å². The lowest BCUT2D eigenvalue weighted by Crippen LogP contribution is -2.42. The Kier molecular flexibility index (Phi) is 4.97. The summed E-state index contributed by atoms with van der Waals surface area (Å²) in [6.45, 7) is -0.794. The number of benzene rings is 2. The summed E-state index contributed by atoms with van der Waals surface area (Å²) >= 11 is 0. The van der Waals surface area contributed by atoms with Crippen LogP contribution in [0.2, 0.25) is 0 Å². The number of aryl methyl sites for hydroxylation is 1. The van der Waals surface area contributed by atoms with E-state index in [1.54, 1.807) is 12.1 Å². The van der Waals surface area contributed by atoms with Crippen molar-refractivity contribution in [3.63, 3.8) is 0 Å². The SMILES string of the molecule is O=C(CN1C(=O)N[C@@]2(CCc3ccccc32)C1=O)OCc1cc([N+](=O)[O-])cc2c1OCOC2. The maximum absolute atomic E-state index is 13.1. The van der Waals surface area contributed by atoms with E-state index in [1.165, 1.54) is 12.1 Å². The number of fused-ring (bicyclic) bond motifs is 3. The van der Waals surface area contributed by atoms with Crippen LogP contribution in [0.15, 0.2) is 36.4 Å². The van der Waals surface area contributed by atoms with Crippen molar-refractivity contribution in [2.45, 2.75) is 31.6 Å². The van der Waals surface area contributed by atoms with Crippen LogP contribution in [0.3, 0.4) is 0 Å². The van der Waals surface area contributed by atoms with Gasteiger partial charge in [0, 0.05) is 23.3 Å². The molecule has 1 fully saturated rings. The number of hydrogen-bond acceptors (Lipinski definition) is 8. The monoisotopic (exact) mass is 453 g/mol. The molecule has 1 aliphatic carbocycles. The third-order valence-corrected chi connectivity index (χ3v) is 6.08. The standard InChI is InChI=1S/C22H19N3O8/c26-18(32-11-15-8-16(25(29)30)7-14-10-31-12-33-19(14)15)9-24-20(27)22(23-21(24)28)6-5-13-3-1-2-4-17(13)22/h1-4,7-8H,5-6,9-12H2,(H,23,28)/t22-/m1/s1. The first kappa shape index (κ1) is 20.9. The Morgan fingerprint density at radius 1 is 1.24 bits per heavy atom. The lowest BCUT2D eigenvalue weighted by Gasteiger charge is -2.22. The highest BCUT2D eigenvalue weighted by Crippen LogP contribution is 2.41. The molecule has 11 nitrogen and oxygen atoms in total. The molecule has 1 N–H and O–H groups in total. The number of urea groups is 1. The number of imide groups is 1. The molecule has 1 atom stereocenters. The van der Waals surface area contributed by atoms with E-state index in [9.17, 15) is 24.5 Å². The van der Waals surface area contributed by atoms with E-state index in [1.807, 2.05) is 12.1 Å². The van der Waals surface area contributed by atoms with Gasteiger partial charge in [0.15, 0.2) is 6.79 Å².